The fourth-order valence-electron chi connectivity index (χ4n) is 2.10. The van der Waals surface area contributed by atoms with Crippen molar-refractivity contribution >= 4 is 16.3 Å². The van der Waals surface area contributed by atoms with Crippen LogP contribution >= 0.6 is 11.3 Å². The summed E-state index contributed by atoms with van der Waals surface area (Å²) in [6.45, 7) is 2.51. The molecule has 0 radical (unpaired) electrons. The largest absolute Gasteiger partial charge is 0.368 e. The Morgan fingerprint density at radius 3 is 3.06 bits per heavy atom. The molecule has 0 spiro atoms. The molecule has 2 aliphatic rings. The van der Waals surface area contributed by atoms with Crippen LogP contribution in [-0.4, -0.2) is 39.5 Å². The average molecular weight is 251 g/mol. The lowest BCUT2D eigenvalue weighted by atomic mass is 10.3. The molecule has 1 saturated heterocycles. The van der Waals surface area contributed by atoms with Crippen LogP contribution in [0.2, 0.25) is 0 Å². The number of hydrogen-bond donors (Lipinski definition) is 1. The SMILES string of the molecule is C1COC(c2nn3c(C4CC4)nnc3s2)CN1. The van der Waals surface area contributed by atoms with Crippen LogP contribution in [0.4, 0.5) is 0 Å². The van der Waals surface area contributed by atoms with Gasteiger partial charge in [-0.2, -0.15) is 9.61 Å². The minimum absolute atomic E-state index is 0.0718. The van der Waals surface area contributed by atoms with Gasteiger partial charge in [0.05, 0.1) is 6.61 Å². The zero-order valence-electron chi connectivity index (χ0n) is 9.30. The fourth-order valence-corrected chi connectivity index (χ4v) is 2.99. The zero-order valence-corrected chi connectivity index (χ0v) is 10.1. The molecule has 0 aromatic carbocycles. The summed E-state index contributed by atoms with van der Waals surface area (Å²) in [6, 6.07) is 0. The number of aromatic nitrogens is 4. The molecule has 2 aromatic heterocycles. The molecule has 2 fully saturated rings. The van der Waals surface area contributed by atoms with Crippen LogP contribution in [0.25, 0.3) is 4.96 Å². The number of nitrogens with one attached hydrogen (secondary N) is 1. The lowest BCUT2D eigenvalue weighted by Crippen LogP contribution is -2.33. The van der Waals surface area contributed by atoms with Gasteiger partial charge in [0.1, 0.15) is 11.1 Å². The van der Waals surface area contributed by atoms with Crippen molar-refractivity contribution in [1.82, 2.24) is 25.1 Å². The molecule has 90 valence electrons. The molecule has 3 heterocycles. The van der Waals surface area contributed by atoms with Crippen LogP contribution in [0.1, 0.15) is 35.7 Å². The number of hydrogen-bond acceptors (Lipinski definition) is 6. The van der Waals surface area contributed by atoms with E-state index < -0.39 is 0 Å². The normalized spacial score (nSPS) is 25.5. The predicted octanol–water partition coefficient (Wildman–Crippen LogP) is 0.724. The zero-order chi connectivity index (χ0) is 11.2. The van der Waals surface area contributed by atoms with Crippen molar-refractivity contribution in [2.24, 2.45) is 0 Å². The summed E-state index contributed by atoms with van der Waals surface area (Å²) in [6.07, 6.45) is 2.51. The van der Waals surface area contributed by atoms with E-state index >= 15 is 0 Å². The van der Waals surface area contributed by atoms with Gasteiger partial charge in [-0.15, -0.1) is 10.2 Å². The third-order valence-corrected chi connectivity index (χ3v) is 4.17. The molecule has 1 aliphatic carbocycles. The molecule has 1 unspecified atom stereocenters. The molecule has 4 rings (SSSR count). The quantitative estimate of drug-likeness (QED) is 0.852. The van der Waals surface area contributed by atoms with Crippen LogP contribution in [0, 0.1) is 0 Å². The lowest BCUT2D eigenvalue weighted by molar-refractivity contribution is 0.0270. The van der Waals surface area contributed by atoms with Crippen LogP contribution < -0.4 is 5.32 Å². The minimum Gasteiger partial charge on any atom is -0.368 e. The summed E-state index contributed by atoms with van der Waals surface area (Å²) in [4.78, 5) is 0.885. The summed E-state index contributed by atoms with van der Waals surface area (Å²) < 4.78 is 7.60. The monoisotopic (exact) mass is 251 g/mol. The Labute approximate surface area is 102 Å². The highest BCUT2D eigenvalue weighted by Gasteiger charge is 2.31. The Balaban J connectivity index is 1.71. The maximum atomic E-state index is 5.70. The molecule has 1 saturated carbocycles. The van der Waals surface area contributed by atoms with Crippen molar-refractivity contribution < 1.29 is 4.74 Å². The van der Waals surface area contributed by atoms with E-state index in [1.807, 2.05) is 4.52 Å². The molecule has 7 heteroatoms. The van der Waals surface area contributed by atoms with Crippen molar-refractivity contribution in [2.45, 2.75) is 24.9 Å². The molecule has 17 heavy (non-hydrogen) atoms. The first-order valence-electron chi connectivity index (χ1n) is 5.96. The topological polar surface area (TPSA) is 64.3 Å². The van der Waals surface area contributed by atoms with Gasteiger partial charge >= 0.3 is 0 Å². The summed E-state index contributed by atoms with van der Waals surface area (Å²) >= 11 is 1.58. The number of ether oxygens (including phenoxy) is 1. The van der Waals surface area contributed by atoms with E-state index in [-0.39, 0.29) is 6.10 Å². The van der Waals surface area contributed by atoms with E-state index in [1.165, 1.54) is 12.8 Å². The van der Waals surface area contributed by atoms with E-state index in [4.69, 9.17) is 4.74 Å². The van der Waals surface area contributed by atoms with Gasteiger partial charge < -0.3 is 10.1 Å². The second kappa shape index (κ2) is 3.72. The smallest absolute Gasteiger partial charge is 0.234 e. The number of nitrogens with zero attached hydrogens (tertiary/aromatic N) is 4. The van der Waals surface area contributed by atoms with Gasteiger partial charge in [0, 0.05) is 19.0 Å². The highest BCUT2D eigenvalue weighted by molar-refractivity contribution is 7.16. The molecular formula is C10H13N5OS. The van der Waals surface area contributed by atoms with Crippen molar-refractivity contribution in [3.63, 3.8) is 0 Å². The minimum atomic E-state index is 0.0718. The number of fused-ring (bicyclic) bond motifs is 1. The standard InChI is InChI=1S/C10H13N5OS/c1-2-6(1)8-12-13-10-15(8)14-9(17-10)7-5-11-3-4-16-7/h6-7,11H,1-5H2. The summed E-state index contributed by atoms with van der Waals surface area (Å²) in [5.74, 6) is 1.59. The Morgan fingerprint density at radius 1 is 1.35 bits per heavy atom. The Hall–Kier alpha value is -1.05. The third kappa shape index (κ3) is 1.65. The molecule has 1 aliphatic heterocycles. The van der Waals surface area contributed by atoms with E-state index in [0.717, 1.165) is 35.5 Å². The third-order valence-electron chi connectivity index (χ3n) is 3.18. The van der Waals surface area contributed by atoms with Gasteiger partial charge in [-0.1, -0.05) is 11.3 Å². The van der Waals surface area contributed by atoms with Gasteiger partial charge in [0.15, 0.2) is 5.82 Å². The number of rotatable bonds is 2. The molecule has 6 nitrogen and oxygen atoms in total. The van der Waals surface area contributed by atoms with Crippen molar-refractivity contribution in [3.05, 3.63) is 10.8 Å². The first-order chi connectivity index (χ1) is 8.42. The maximum Gasteiger partial charge on any atom is 0.234 e. The molecule has 0 amide bonds. The molecule has 1 N–H and O–H groups in total. The van der Waals surface area contributed by atoms with Crippen LogP contribution in [-0.2, 0) is 4.74 Å². The van der Waals surface area contributed by atoms with Gasteiger partial charge in [-0.3, -0.25) is 0 Å². The number of morpholine rings is 1. The highest BCUT2D eigenvalue weighted by atomic mass is 32.1. The summed E-state index contributed by atoms with van der Waals surface area (Å²) in [7, 11) is 0. The molecule has 2 aromatic rings. The predicted molar refractivity (Wildman–Crippen MR) is 62.2 cm³/mol. The second-order valence-corrected chi connectivity index (χ2v) is 5.52. The van der Waals surface area contributed by atoms with Crippen molar-refractivity contribution in [2.75, 3.05) is 19.7 Å². The summed E-state index contributed by atoms with van der Waals surface area (Å²) in [5.41, 5.74) is 0. The molecule has 0 bridgehead atoms. The molecule has 1 atom stereocenters. The second-order valence-electron chi connectivity index (χ2n) is 4.53. The first kappa shape index (κ1) is 9.93. The van der Waals surface area contributed by atoms with Gasteiger partial charge in [0.25, 0.3) is 0 Å². The van der Waals surface area contributed by atoms with Gasteiger partial charge in [-0.25, -0.2) is 0 Å². The Kier molecular flexibility index (Phi) is 2.17. The summed E-state index contributed by atoms with van der Waals surface area (Å²) in [5, 5.41) is 17.3. The maximum absolute atomic E-state index is 5.70. The van der Waals surface area contributed by atoms with E-state index in [9.17, 15) is 0 Å². The van der Waals surface area contributed by atoms with Gasteiger partial charge in [0.2, 0.25) is 4.96 Å². The van der Waals surface area contributed by atoms with Crippen molar-refractivity contribution in [1.29, 1.82) is 0 Å². The van der Waals surface area contributed by atoms with E-state index in [1.54, 1.807) is 11.3 Å². The highest BCUT2D eigenvalue weighted by Crippen LogP contribution is 2.39. The van der Waals surface area contributed by atoms with E-state index in [2.05, 4.69) is 20.6 Å². The van der Waals surface area contributed by atoms with E-state index in [0.29, 0.717) is 5.92 Å². The Morgan fingerprint density at radius 2 is 2.29 bits per heavy atom. The molecular weight excluding hydrogens is 238 g/mol. The lowest BCUT2D eigenvalue weighted by Gasteiger charge is -2.21. The van der Waals surface area contributed by atoms with Crippen LogP contribution in [0.5, 0.6) is 0 Å². The van der Waals surface area contributed by atoms with Crippen molar-refractivity contribution in [3.8, 4) is 0 Å². The van der Waals surface area contributed by atoms with Crippen LogP contribution in [0.15, 0.2) is 0 Å². The average Bonchev–Trinajstić information content (AvgIpc) is 3.00. The Bertz CT molecular complexity index is 540. The first-order valence-corrected chi connectivity index (χ1v) is 6.78. The van der Waals surface area contributed by atoms with Gasteiger partial charge in [-0.05, 0) is 12.8 Å². The fraction of sp³-hybridized carbons (Fsp3) is 0.700. The van der Waals surface area contributed by atoms with Crippen LogP contribution in [0.3, 0.4) is 0 Å².